The molecule has 0 heterocycles. The topological polar surface area (TPSA) is 46.2 Å². The Balaban J connectivity index is 2.19. The monoisotopic (exact) mass is 363 g/mol. The maximum atomic E-state index is 12.8. The van der Waals surface area contributed by atoms with Crippen LogP contribution in [-0.2, 0) is 22.7 Å². The Morgan fingerprint density at radius 1 is 1.09 bits per heavy atom. The third-order valence-corrected chi connectivity index (χ3v) is 4.88. The van der Waals surface area contributed by atoms with Crippen LogP contribution in [-0.4, -0.2) is 8.42 Å². The van der Waals surface area contributed by atoms with E-state index in [4.69, 9.17) is 11.6 Å². The van der Waals surface area contributed by atoms with Crippen molar-refractivity contribution in [2.24, 2.45) is 0 Å². The molecule has 0 unspecified atom stereocenters. The number of sulfonamides is 1. The van der Waals surface area contributed by atoms with Crippen molar-refractivity contribution in [1.82, 2.24) is 4.72 Å². The molecule has 0 bridgehead atoms. The number of halogens is 4. The molecular formula is C15H13ClF3NO2S. The van der Waals surface area contributed by atoms with E-state index in [2.05, 4.69) is 4.72 Å². The van der Waals surface area contributed by atoms with E-state index < -0.39 is 26.8 Å². The summed E-state index contributed by atoms with van der Waals surface area (Å²) in [6.45, 7) is 1.55. The predicted molar refractivity (Wildman–Crippen MR) is 81.7 cm³/mol. The molecule has 0 aliphatic rings. The highest BCUT2D eigenvalue weighted by molar-refractivity contribution is 7.89. The second-order valence-electron chi connectivity index (χ2n) is 4.95. The summed E-state index contributed by atoms with van der Waals surface area (Å²) in [6.07, 6.45) is -4.59. The minimum absolute atomic E-state index is 0.0492. The van der Waals surface area contributed by atoms with Crippen molar-refractivity contribution in [1.29, 1.82) is 0 Å². The van der Waals surface area contributed by atoms with Gasteiger partial charge in [0, 0.05) is 6.54 Å². The van der Waals surface area contributed by atoms with Crippen molar-refractivity contribution >= 4 is 21.6 Å². The summed E-state index contributed by atoms with van der Waals surface area (Å²) in [5.41, 5.74) is 0.0695. The largest absolute Gasteiger partial charge is 0.417 e. The lowest BCUT2D eigenvalue weighted by molar-refractivity contribution is -0.137. The summed E-state index contributed by atoms with van der Waals surface area (Å²) < 4.78 is 64.8. The molecule has 0 aliphatic carbocycles. The Kier molecular flexibility index (Phi) is 5.03. The highest BCUT2D eigenvalue weighted by Crippen LogP contribution is 2.35. The second kappa shape index (κ2) is 6.51. The summed E-state index contributed by atoms with van der Waals surface area (Å²) >= 11 is 5.52. The van der Waals surface area contributed by atoms with Crippen LogP contribution in [0.3, 0.4) is 0 Å². The van der Waals surface area contributed by atoms with E-state index in [9.17, 15) is 21.6 Å². The maximum Gasteiger partial charge on any atom is 0.417 e. The van der Waals surface area contributed by atoms with E-state index in [1.165, 1.54) is 18.2 Å². The third-order valence-electron chi connectivity index (χ3n) is 3.13. The van der Waals surface area contributed by atoms with Crippen molar-refractivity contribution in [3.8, 4) is 0 Å². The summed E-state index contributed by atoms with van der Waals surface area (Å²) in [7, 11) is -3.80. The van der Waals surface area contributed by atoms with Crippen molar-refractivity contribution in [2.75, 3.05) is 0 Å². The molecule has 0 aromatic heterocycles. The molecule has 2 rings (SSSR count). The second-order valence-corrected chi connectivity index (χ2v) is 7.12. The van der Waals surface area contributed by atoms with Gasteiger partial charge in [0.1, 0.15) is 0 Å². The molecule has 2 aromatic carbocycles. The molecule has 0 saturated heterocycles. The normalized spacial score (nSPS) is 12.4. The first-order valence-electron chi connectivity index (χ1n) is 6.51. The van der Waals surface area contributed by atoms with Gasteiger partial charge in [-0.25, -0.2) is 13.1 Å². The molecule has 23 heavy (non-hydrogen) atoms. The standard InChI is InChI=1S/C15H13ClF3NO2S/c1-10-2-5-12(6-3-10)23(21,22)20-9-11-4-7-14(16)13(8-11)15(17,18)19/h2-8,20H,9H2,1H3. The van der Waals surface area contributed by atoms with Crippen LogP contribution in [0.1, 0.15) is 16.7 Å². The number of hydrogen-bond donors (Lipinski definition) is 1. The average Bonchev–Trinajstić information content (AvgIpc) is 2.45. The zero-order chi connectivity index (χ0) is 17.3. The summed E-state index contributed by atoms with van der Waals surface area (Å²) in [5.74, 6) is 0. The number of alkyl halides is 3. The number of nitrogens with one attached hydrogen (secondary N) is 1. The Hall–Kier alpha value is -1.57. The van der Waals surface area contributed by atoms with Gasteiger partial charge in [-0.15, -0.1) is 0 Å². The lowest BCUT2D eigenvalue weighted by Crippen LogP contribution is -2.23. The molecule has 0 radical (unpaired) electrons. The van der Waals surface area contributed by atoms with Crippen molar-refractivity contribution in [2.45, 2.75) is 24.5 Å². The van der Waals surface area contributed by atoms with Gasteiger partial charge in [-0.1, -0.05) is 35.4 Å². The molecule has 3 nitrogen and oxygen atoms in total. The highest BCUT2D eigenvalue weighted by atomic mass is 35.5. The van der Waals surface area contributed by atoms with E-state index in [0.717, 1.165) is 17.7 Å². The third kappa shape index (κ3) is 4.46. The molecular weight excluding hydrogens is 351 g/mol. The number of rotatable bonds is 4. The first-order chi connectivity index (χ1) is 10.6. The Labute approximate surface area is 137 Å². The summed E-state index contributed by atoms with van der Waals surface area (Å²) in [5, 5.41) is -0.428. The Bertz CT molecular complexity index is 802. The molecule has 0 fully saturated rings. The fourth-order valence-electron chi connectivity index (χ4n) is 1.88. The van der Waals surface area contributed by atoms with Gasteiger partial charge >= 0.3 is 6.18 Å². The van der Waals surface area contributed by atoms with Gasteiger partial charge in [-0.05, 0) is 36.8 Å². The molecule has 0 aliphatic heterocycles. The molecule has 124 valence electrons. The zero-order valence-corrected chi connectivity index (χ0v) is 13.6. The lowest BCUT2D eigenvalue weighted by Gasteiger charge is -2.12. The van der Waals surface area contributed by atoms with Crippen LogP contribution in [0.15, 0.2) is 47.4 Å². The van der Waals surface area contributed by atoms with Crippen LogP contribution in [0.2, 0.25) is 5.02 Å². The number of hydrogen-bond acceptors (Lipinski definition) is 2. The first-order valence-corrected chi connectivity index (χ1v) is 8.38. The van der Waals surface area contributed by atoms with Crippen LogP contribution in [0.25, 0.3) is 0 Å². The number of benzene rings is 2. The molecule has 0 spiro atoms. The molecule has 0 amide bonds. The van der Waals surface area contributed by atoms with Crippen LogP contribution >= 0.6 is 11.6 Å². The van der Waals surface area contributed by atoms with Gasteiger partial charge in [0.15, 0.2) is 0 Å². The van der Waals surface area contributed by atoms with Crippen LogP contribution < -0.4 is 4.72 Å². The van der Waals surface area contributed by atoms with Gasteiger partial charge in [0.05, 0.1) is 15.5 Å². The fraction of sp³-hybridized carbons (Fsp3) is 0.200. The fourth-order valence-corrected chi connectivity index (χ4v) is 3.12. The molecule has 8 heteroatoms. The summed E-state index contributed by atoms with van der Waals surface area (Å²) in [6, 6.07) is 9.41. The Morgan fingerprint density at radius 3 is 2.26 bits per heavy atom. The van der Waals surface area contributed by atoms with Gasteiger partial charge in [0.25, 0.3) is 0 Å². The Morgan fingerprint density at radius 2 is 1.70 bits per heavy atom. The van der Waals surface area contributed by atoms with Crippen LogP contribution in [0, 0.1) is 6.92 Å². The molecule has 2 aromatic rings. The SMILES string of the molecule is Cc1ccc(S(=O)(=O)NCc2ccc(Cl)c(C(F)(F)F)c2)cc1. The van der Waals surface area contributed by atoms with Crippen molar-refractivity contribution in [3.63, 3.8) is 0 Å². The van der Waals surface area contributed by atoms with E-state index >= 15 is 0 Å². The van der Waals surface area contributed by atoms with Gasteiger partial charge < -0.3 is 0 Å². The maximum absolute atomic E-state index is 12.8. The van der Waals surface area contributed by atoms with E-state index in [-0.39, 0.29) is 17.0 Å². The van der Waals surface area contributed by atoms with Crippen molar-refractivity contribution < 1.29 is 21.6 Å². The van der Waals surface area contributed by atoms with Crippen LogP contribution in [0.4, 0.5) is 13.2 Å². The van der Waals surface area contributed by atoms with Crippen molar-refractivity contribution in [3.05, 3.63) is 64.2 Å². The van der Waals surface area contributed by atoms with E-state index in [1.807, 2.05) is 6.92 Å². The number of aryl methyl sites for hydroxylation is 1. The minimum atomic E-state index is -4.59. The summed E-state index contributed by atoms with van der Waals surface area (Å²) in [4.78, 5) is 0.0492. The first kappa shape index (κ1) is 17.8. The van der Waals surface area contributed by atoms with Crippen LogP contribution in [0.5, 0.6) is 0 Å². The zero-order valence-electron chi connectivity index (χ0n) is 12.0. The predicted octanol–water partition coefficient (Wildman–Crippen LogP) is 4.15. The highest BCUT2D eigenvalue weighted by Gasteiger charge is 2.33. The molecule has 0 saturated carbocycles. The average molecular weight is 364 g/mol. The van der Waals surface area contributed by atoms with E-state index in [0.29, 0.717) is 0 Å². The lowest BCUT2D eigenvalue weighted by atomic mass is 10.1. The van der Waals surface area contributed by atoms with E-state index in [1.54, 1.807) is 12.1 Å². The minimum Gasteiger partial charge on any atom is -0.207 e. The van der Waals surface area contributed by atoms with Gasteiger partial charge in [-0.2, -0.15) is 13.2 Å². The molecule has 0 atom stereocenters. The molecule has 1 N–H and O–H groups in total. The smallest absolute Gasteiger partial charge is 0.207 e. The quantitative estimate of drug-likeness (QED) is 0.887. The van der Waals surface area contributed by atoms with Gasteiger partial charge in [0.2, 0.25) is 10.0 Å². The van der Waals surface area contributed by atoms with Gasteiger partial charge in [-0.3, -0.25) is 0 Å².